The average molecular weight is 374 g/mol. The molecule has 26 heavy (non-hydrogen) atoms. The van der Waals surface area contributed by atoms with Crippen LogP contribution in [0, 0.1) is 16.0 Å². The molecule has 1 atom stereocenters. The molecule has 0 aliphatic heterocycles. The van der Waals surface area contributed by atoms with Gasteiger partial charge in [0.2, 0.25) is 0 Å². The molecule has 0 saturated carbocycles. The molecule has 1 heterocycles. The van der Waals surface area contributed by atoms with E-state index in [1.54, 1.807) is 0 Å². The maximum Gasteiger partial charge on any atom is 0.348 e. The predicted octanol–water partition coefficient (Wildman–Crippen LogP) is 3.58. The summed E-state index contributed by atoms with van der Waals surface area (Å²) in [5.74, 6) is -0.457. The Labute approximate surface area is 154 Å². The van der Waals surface area contributed by atoms with Gasteiger partial charge < -0.3 is 10.1 Å². The Morgan fingerprint density at radius 1 is 1.38 bits per heavy atom. The molecule has 2 aromatic rings. The molecule has 0 unspecified atom stereocenters. The second kappa shape index (κ2) is 7.65. The number of amides is 1. The fourth-order valence-electron chi connectivity index (χ4n) is 2.90. The number of benzene rings is 1. The summed E-state index contributed by atoms with van der Waals surface area (Å²) in [5.41, 5.74) is 1.35. The topological polar surface area (TPSA) is 98.5 Å². The van der Waals surface area contributed by atoms with Gasteiger partial charge in [-0.3, -0.25) is 14.9 Å². The highest BCUT2D eigenvalue weighted by Crippen LogP contribution is 2.32. The fourth-order valence-corrected chi connectivity index (χ4v) is 4.01. The van der Waals surface area contributed by atoms with E-state index in [9.17, 15) is 19.7 Å². The van der Waals surface area contributed by atoms with E-state index >= 15 is 0 Å². The van der Waals surface area contributed by atoms with Gasteiger partial charge in [-0.2, -0.15) is 0 Å². The van der Waals surface area contributed by atoms with Crippen LogP contribution >= 0.6 is 11.3 Å². The zero-order valence-corrected chi connectivity index (χ0v) is 15.0. The summed E-state index contributed by atoms with van der Waals surface area (Å²) in [6.07, 6.45) is 3.06. The zero-order chi connectivity index (χ0) is 18.7. The molecule has 8 heteroatoms. The summed E-state index contributed by atoms with van der Waals surface area (Å²) >= 11 is 1.43. The standard InChI is InChI=1S/C18H18N2O5S/c1-11-5-6-15-12(7-11)8-16(26-15)18(22)25-10-17(21)19-13-3-2-4-14(9-13)20(23)24/h2-4,8-9,11H,5-7,10H2,1H3,(H,19,21)/t11-/m0/s1. The molecule has 0 saturated heterocycles. The number of aryl methyl sites for hydroxylation is 1. The summed E-state index contributed by atoms with van der Waals surface area (Å²) in [6.45, 7) is 1.75. The third-order valence-corrected chi connectivity index (χ3v) is 5.42. The zero-order valence-electron chi connectivity index (χ0n) is 14.2. The summed E-state index contributed by atoms with van der Waals surface area (Å²) in [7, 11) is 0. The van der Waals surface area contributed by atoms with Gasteiger partial charge in [-0.25, -0.2) is 4.79 Å². The fraction of sp³-hybridized carbons (Fsp3) is 0.333. The van der Waals surface area contributed by atoms with Crippen LogP contribution in [0.1, 0.15) is 33.5 Å². The van der Waals surface area contributed by atoms with E-state index in [0.29, 0.717) is 10.8 Å². The molecule has 0 radical (unpaired) electrons. The van der Waals surface area contributed by atoms with Crippen molar-refractivity contribution in [3.05, 3.63) is 55.8 Å². The lowest BCUT2D eigenvalue weighted by Gasteiger charge is -2.16. The first kappa shape index (κ1) is 18.1. The molecule has 1 N–H and O–H groups in total. The molecule has 1 aliphatic carbocycles. The van der Waals surface area contributed by atoms with Crippen LogP contribution in [0.25, 0.3) is 0 Å². The molecular weight excluding hydrogens is 356 g/mol. The van der Waals surface area contributed by atoms with Gasteiger partial charge in [-0.15, -0.1) is 11.3 Å². The van der Waals surface area contributed by atoms with Crippen LogP contribution < -0.4 is 5.32 Å². The maximum absolute atomic E-state index is 12.2. The van der Waals surface area contributed by atoms with Gasteiger partial charge in [0.05, 0.1) is 4.92 Å². The monoisotopic (exact) mass is 374 g/mol. The van der Waals surface area contributed by atoms with E-state index in [4.69, 9.17) is 4.74 Å². The lowest BCUT2D eigenvalue weighted by molar-refractivity contribution is -0.384. The van der Waals surface area contributed by atoms with Crippen molar-refractivity contribution >= 4 is 34.6 Å². The van der Waals surface area contributed by atoms with Crippen molar-refractivity contribution in [2.24, 2.45) is 5.92 Å². The smallest absolute Gasteiger partial charge is 0.348 e. The van der Waals surface area contributed by atoms with Crippen LogP contribution in [0.5, 0.6) is 0 Å². The van der Waals surface area contributed by atoms with Crippen LogP contribution in [0.2, 0.25) is 0 Å². The summed E-state index contributed by atoms with van der Waals surface area (Å²) in [6, 6.07) is 7.43. The lowest BCUT2D eigenvalue weighted by atomic mass is 9.90. The lowest BCUT2D eigenvalue weighted by Crippen LogP contribution is -2.20. The number of nitro benzene ring substituents is 1. The maximum atomic E-state index is 12.2. The number of fused-ring (bicyclic) bond motifs is 1. The van der Waals surface area contributed by atoms with Gasteiger partial charge in [0.1, 0.15) is 4.88 Å². The van der Waals surface area contributed by atoms with Crippen molar-refractivity contribution in [2.75, 3.05) is 11.9 Å². The molecule has 1 amide bonds. The van der Waals surface area contributed by atoms with Crippen molar-refractivity contribution in [3.8, 4) is 0 Å². The van der Waals surface area contributed by atoms with E-state index in [1.807, 2.05) is 6.07 Å². The summed E-state index contributed by atoms with van der Waals surface area (Å²) in [5, 5.41) is 13.2. The molecule has 1 aliphatic rings. The quantitative estimate of drug-likeness (QED) is 0.490. The van der Waals surface area contributed by atoms with Crippen molar-refractivity contribution in [1.82, 2.24) is 0 Å². The van der Waals surface area contributed by atoms with E-state index in [2.05, 4.69) is 12.2 Å². The predicted molar refractivity (Wildman–Crippen MR) is 97.5 cm³/mol. The molecule has 1 aromatic carbocycles. The molecule has 0 fully saturated rings. The second-order valence-corrected chi connectivity index (χ2v) is 7.48. The number of hydrogen-bond donors (Lipinski definition) is 1. The number of nitrogens with zero attached hydrogens (tertiary/aromatic N) is 1. The summed E-state index contributed by atoms with van der Waals surface area (Å²) in [4.78, 5) is 36.0. The minimum absolute atomic E-state index is 0.127. The largest absolute Gasteiger partial charge is 0.451 e. The molecular formula is C18H18N2O5S. The number of ether oxygens (including phenoxy) is 1. The minimum Gasteiger partial charge on any atom is -0.451 e. The third-order valence-electron chi connectivity index (χ3n) is 4.21. The Morgan fingerprint density at radius 2 is 2.19 bits per heavy atom. The number of rotatable bonds is 5. The Bertz CT molecular complexity index is 861. The third kappa shape index (κ3) is 4.26. The van der Waals surface area contributed by atoms with Crippen molar-refractivity contribution in [1.29, 1.82) is 0 Å². The van der Waals surface area contributed by atoms with E-state index in [0.717, 1.165) is 19.3 Å². The van der Waals surface area contributed by atoms with Crippen LogP contribution in [-0.4, -0.2) is 23.4 Å². The number of hydrogen-bond acceptors (Lipinski definition) is 6. The van der Waals surface area contributed by atoms with Crippen molar-refractivity contribution in [3.63, 3.8) is 0 Å². The first-order chi connectivity index (χ1) is 12.4. The Balaban J connectivity index is 1.55. The molecule has 3 rings (SSSR count). The van der Waals surface area contributed by atoms with Crippen LogP contribution in [-0.2, 0) is 22.4 Å². The van der Waals surface area contributed by atoms with Crippen LogP contribution in [0.3, 0.4) is 0 Å². The number of nitro groups is 1. The number of nitrogens with one attached hydrogen (secondary N) is 1. The Hall–Kier alpha value is -2.74. The second-order valence-electron chi connectivity index (χ2n) is 6.34. The number of carbonyl (C=O) groups is 2. The number of carbonyl (C=O) groups excluding carboxylic acids is 2. The van der Waals surface area contributed by atoms with Crippen LogP contribution in [0.4, 0.5) is 11.4 Å². The molecule has 7 nitrogen and oxygen atoms in total. The van der Waals surface area contributed by atoms with E-state index < -0.39 is 23.4 Å². The molecule has 0 spiro atoms. The Kier molecular flexibility index (Phi) is 5.32. The SMILES string of the molecule is C[C@H]1CCc2sc(C(=O)OCC(=O)Nc3cccc([N+](=O)[O-])c3)cc2C1. The highest BCUT2D eigenvalue weighted by molar-refractivity contribution is 7.14. The highest BCUT2D eigenvalue weighted by Gasteiger charge is 2.21. The van der Waals surface area contributed by atoms with Gasteiger partial charge in [0.15, 0.2) is 6.61 Å². The highest BCUT2D eigenvalue weighted by atomic mass is 32.1. The number of esters is 1. The van der Waals surface area contributed by atoms with Gasteiger partial charge in [-0.1, -0.05) is 13.0 Å². The van der Waals surface area contributed by atoms with Gasteiger partial charge >= 0.3 is 5.97 Å². The first-order valence-corrected chi connectivity index (χ1v) is 9.07. The minimum atomic E-state index is -0.547. The number of anilines is 1. The Morgan fingerprint density at radius 3 is 2.96 bits per heavy atom. The summed E-state index contributed by atoms with van der Waals surface area (Å²) < 4.78 is 5.07. The van der Waals surface area contributed by atoms with E-state index in [-0.39, 0.29) is 11.4 Å². The van der Waals surface area contributed by atoms with Gasteiger partial charge in [0, 0.05) is 22.7 Å². The number of non-ortho nitro benzene ring substituents is 1. The van der Waals surface area contributed by atoms with Crippen molar-refractivity contribution in [2.45, 2.75) is 26.2 Å². The molecule has 1 aromatic heterocycles. The molecule has 136 valence electrons. The van der Waals surface area contributed by atoms with E-state index in [1.165, 1.54) is 46.0 Å². The number of thiophene rings is 1. The molecule has 0 bridgehead atoms. The first-order valence-electron chi connectivity index (χ1n) is 8.25. The van der Waals surface area contributed by atoms with Gasteiger partial charge in [0.25, 0.3) is 11.6 Å². The average Bonchev–Trinajstić information content (AvgIpc) is 3.03. The van der Waals surface area contributed by atoms with Crippen molar-refractivity contribution < 1.29 is 19.2 Å². The normalized spacial score (nSPS) is 15.8. The van der Waals surface area contributed by atoms with Crippen LogP contribution in [0.15, 0.2) is 30.3 Å². The van der Waals surface area contributed by atoms with Gasteiger partial charge in [-0.05, 0) is 42.9 Å².